The summed E-state index contributed by atoms with van der Waals surface area (Å²) in [7, 11) is 0. The maximum absolute atomic E-state index is 12.1. The minimum Gasteiger partial charge on any atom is -0.308 e. The highest BCUT2D eigenvalue weighted by atomic mass is 32.2. The zero-order valence-electron chi connectivity index (χ0n) is 14.5. The Hall–Kier alpha value is -3.32. The van der Waals surface area contributed by atoms with Crippen LogP contribution in [0.3, 0.4) is 0 Å². The van der Waals surface area contributed by atoms with E-state index in [1.807, 2.05) is 55.5 Å². The first-order valence-electron chi connectivity index (χ1n) is 8.17. The number of hydrogen-bond acceptors (Lipinski definition) is 4. The normalized spacial score (nSPS) is 10.3. The molecule has 2 N–H and O–H groups in total. The van der Waals surface area contributed by atoms with Crippen molar-refractivity contribution in [3.05, 3.63) is 88.5 Å². The summed E-state index contributed by atoms with van der Waals surface area (Å²) in [4.78, 5) is 24.3. The van der Waals surface area contributed by atoms with E-state index < -0.39 is 4.92 Å². The van der Waals surface area contributed by atoms with E-state index in [1.165, 1.54) is 23.9 Å². The number of nitro groups is 1. The van der Waals surface area contributed by atoms with E-state index >= 15 is 0 Å². The molecule has 0 aliphatic rings. The van der Waals surface area contributed by atoms with E-state index in [-0.39, 0.29) is 11.7 Å². The number of para-hydroxylation sites is 1. The summed E-state index contributed by atoms with van der Waals surface area (Å²) in [6, 6.07) is 21.0. The van der Waals surface area contributed by atoms with Gasteiger partial charge in [0.1, 0.15) is 0 Å². The Kier molecular flexibility index (Phi) is 5.73. The number of amides is 2. The number of nitro benzene ring substituents is 1. The molecule has 27 heavy (non-hydrogen) atoms. The van der Waals surface area contributed by atoms with Crippen molar-refractivity contribution in [1.29, 1.82) is 0 Å². The SMILES string of the molecule is Cc1ccccc1NC(=O)Nc1ccc(Sc2ccc([N+](=O)[O-])cc2)cc1. The van der Waals surface area contributed by atoms with Crippen molar-refractivity contribution in [2.75, 3.05) is 10.6 Å². The molecule has 0 bridgehead atoms. The molecule has 6 nitrogen and oxygen atoms in total. The molecule has 136 valence electrons. The van der Waals surface area contributed by atoms with E-state index in [0.29, 0.717) is 5.69 Å². The van der Waals surface area contributed by atoms with Crippen molar-refractivity contribution < 1.29 is 9.72 Å². The number of nitrogens with one attached hydrogen (secondary N) is 2. The van der Waals surface area contributed by atoms with Gasteiger partial charge in [-0.15, -0.1) is 0 Å². The van der Waals surface area contributed by atoms with Crippen molar-refractivity contribution in [2.45, 2.75) is 16.7 Å². The molecule has 0 heterocycles. The summed E-state index contributed by atoms with van der Waals surface area (Å²) in [6.45, 7) is 1.93. The number of nitrogens with zero attached hydrogens (tertiary/aromatic N) is 1. The average molecular weight is 379 g/mol. The van der Waals surface area contributed by atoms with Crippen LogP contribution in [0.4, 0.5) is 21.9 Å². The van der Waals surface area contributed by atoms with Crippen LogP contribution in [0.5, 0.6) is 0 Å². The maximum atomic E-state index is 12.1. The van der Waals surface area contributed by atoms with Crippen molar-refractivity contribution in [2.24, 2.45) is 0 Å². The number of rotatable bonds is 5. The molecule has 0 spiro atoms. The van der Waals surface area contributed by atoms with Gasteiger partial charge < -0.3 is 10.6 Å². The minimum atomic E-state index is -0.420. The molecule has 2 amide bonds. The van der Waals surface area contributed by atoms with E-state index in [9.17, 15) is 14.9 Å². The molecule has 0 aliphatic carbocycles. The number of hydrogen-bond donors (Lipinski definition) is 2. The molecular formula is C20H17N3O3S. The summed E-state index contributed by atoms with van der Waals surface area (Å²) >= 11 is 1.49. The Morgan fingerprint density at radius 1 is 0.889 bits per heavy atom. The Bertz CT molecular complexity index is 957. The second kappa shape index (κ2) is 8.37. The predicted molar refractivity (Wildman–Crippen MR) is 107 cm³/mol. The largest absolute Gasteiger partial charge is 0.323 e. The molecule has 0 radical (unpaired) electrons. The molecule has 3 rings (SSSR count). The smallest absolute Gasteiger partial charge is 0.308 e. The molecule has 7 heteroatoms. The molecule has 0 atom stereocenters. The maximum Gasteiger partial charge on any atom is 0.323 e. The number of benzene rings is 3. The number of anilines is 2. The molecule has 0 saturated heterocycles. The van der Waals surface area contributed by atoms with Gasteiger partial charge in [0.05, 0.1) is 4.92 Å². The summed E-state index contributed by atoms with van der Waals surface area (Å²) in [5, 5.41) is 16.3. The Morgan fingerprint density at radius 2 is 1.48 bits per heavy atom. The van der Waals surface area contributed by atoms with Crippen LogP contribution in [0.15, 0.2) is 82.6 Å². The fourth-order valence-corrected chi connectivity index (χ4v) is 3.19. The number of carbonyl (C=O) groups excluding carboxylic acids is 1. The highest BCUT2D eigenvalue weighted by Crippen LogP contribution is 2.29. The van der Waals surface area contributed by atoms with Gasteiger partial charge in [-0.25, -0.2) is 4.79 Å². The fraction of sp³-hybridized carbons (Fsp3) is 0.0500. The second-order valence-electron chi connectivity index (χ2n) is 5.77. The molecule has 0 unspecified atom stereocenters. The summed E-state index contributed by atoms with van der Waals surface area (Å²) in [6.07, 6.45) is 0. The predicted octanol–water partition coefficient (Wildman–Crippen LogP) is 5.70. The van der Waals surface area contributed by atoms with Gasteiger partial charge in [0, 0.05) is 33.3 Å². The lowest BCUT2D eigenvalue weighted by atomic mass is 10.2. The summed E-state index contributed by atoms with van der Waals surface area (Å²) < 4.78 is 0. The van der Waals surface area contributed by atoms with E-state index in [2.05, 4.69) is 10.6 Å². The monoisotopic (exact) mass is 379 g/mol. The highest BCUT2D eigenvalue weighted by molar-refractivity contribution is 7.99. The zero-order valence-corrected chi connectivity index (χ0v) is 15.3. The summed E-state index contributed by atoms with van der Waals surface area (Å²) in [5.74, 6) is 0. The van der Waals surface area contributed by atoms with Crippen molar-refractivity contribution in [1.82, 2.24) is 0 Å². The summed E-state index contributed by atoms with van der Waals surface area (Å²) in [5.41, 5.74) is 2.50. The number of aryl methyl sites for hydroxylation is 1. The van der Waals surface area contributed by atoms with Gasteiger partial charge in [-0.05, 0) is 55.0 Å². The third kappa shape index (κ3) is 5.08. The van der Waals surface area contributed by atoms with Gasteiger partial charge in [0.25, 0.3) is 5.69 Å². The lowest BCUT2D eigenvalue weighted by molar-refractivity contribution is -0.384. The topological polar surface area (TPSA) is 84.3 Å². The van der Waals surface area contributed by atoms with Crippen LogP contribution in [-0.4, -0.2) is 11.0 Å². The molecule has 3 aromatic carbocycles. The zero-order chi connectivity index (χ0) is 19.2. The first-order valence-corrected chi connectivity index (χ1v) is 8.99. The van der Waals surface area contributed by atoms with Crippen LogP contribution < -0.4 is 10.6 Å². The molecule has 0 aromatic heterocycles. The number of non-ortho nitro benzene ring substituents is 1. The van der Waals surface area contributed by atoms with E-state index in [1.54, 1.807) is 12.1 Å². The van der Waals surface area contributed by atoms with Crippen LogP contribution in [0, 0.1) is 17.0 Å². The van der Waals surface area contributed by atoms with E-state index in [0.717, 1.165) is 21.0 Å². The van der Waals surface area contributed by atoms with Crippen LogP contribution in [0.1, 0.15) is 5.56 Å². The standard InChI is InChI=1S/C20H17N3O3S/c1-14-4-2-3-5-19(14)22-20(24)21-15-6-10-17(11-7-15)27-18-12-8-16(9-13-18)23(25)26/h2-13H,1H3,(H2,21,22,24). The van der Waals surface area contributed by atoms with E-state index in [4.69, 9.17) is 0 Å². The first-order chi connectivity index (χ1) is 13.0. The Labute approximate surface area is 160 Å². The lowest BCUT2D eigenvalue weighted by Gasteiger charge is -2.10. The highest BCUT2D eigenvalue weighted by Gasteiger charge is 2.06. The van der Waals surface area contributed by atoms with Crippen LogP contribution in [-0.2, 0) is 0 Å². The average Bonchev–Trinajstić information content (AvgIpc) is 2.66. The van der Waals surface area contributed by atoms with Crippen LogP contribution in [0.25, 0.3) is 0 Å². The van der Waals surface area contributed by atoms with Gasteiger partial charge >= 0.3 is 6.03 Å². The minimum absolute atomic E-state index is 0.0681. The number of urea groups is 1. The van der Waals surface area contributed by atoms with Gasteiger partial charge in [0.15, 0.2) is 0 Å². The van der Waals surface area contributed by atoms with Crippen LogP contribution in [0.2, 0.25) is 0 Å². The molecule has 0 fully saturated rings. The third-order valence-corrected chi connectivity index (χ3v) is 4.80. The Morgan fingerprint density at radius 3 is 2.07 bits per heavy atom. The van der Waals surface area contributed by atoms with Crippen molar-refractivity contribution in [3.8, 4) is 0 Å². The Balaban J connectivity index is 1.59. The van der Waals surface area contributed by atoms with Crippen LogP contribution >= 0.6 is 11.8 Å². The molecule has 3 aromatic rings. The lowest BCUT2D eigenvalue weighted by Crippen LogP contribution is -2.19. The second-order valence-corrected chi connectivity index (χ2v) is 6.92. The molecule has 0 aliphatic heterocycles. The van der Waals surface area contributed by atoms with Gasteiger partial charge in [-0.1, -0.05) is 30.0 Å². The first kappa shape index (κ1) is 18.5. The third-order valence-electron chi connectivity index (χ3n) is 3.79. The number of carbonyl (C=O) groups is 1. The fourth-order valence-electron chi connectivity index (χ4n) is 2.38. The van der Waals surface area contributed by atoms with Crippen molar-refractivity contribution in [3.63, 3.8) is 0 Å². The van der Waals surface area contributed by atoms with Gasteiger partial charge in [-0.3, -0.25) is 10.1 Å². The quantitative estimate of drug-likeness (QED) is 0.440. The molecule has 0 saturated carbocycles. The molecular weight excluding hydrogens is 362 g/mol. The van der Waals surface area contributed by atoms with Crippen molar-refractivity contribution >= 4 is 34.9 Å². The van der Waals surface area contributed by atoms with Gasteiger partial charge in [0.2, 0.25) is 0 Å². The van der Waals surface area contributed by atoms with Gasteiger partial charge in [-0.2, -0.15) is 0 Å².